The minimum Gasteiger partial charge on any atom is -0.378 e. The van der Waals surface area contributed by atoms with Crippen molar-refractivity contribution in [1.29, 1.82) is 0 Å². The number of rotatable bonds is 2. The van der Waals surface area contributed by atoms with Gasteiger partial charge in [-0.2, -0.15) is 18.3 Å². The van der Waals surface area contributed by atoms with Crippen LogP contribution in [-0.2, 0) is 6.54 Å². The van der Waals surface area contributed by atoms with Gasteiger partial charge in [0, 0.05) is 6.54 Å². The Bertz CT molecular complexity index is 323. The Kier molecular flexibility index (Phi) is 3.20. The summed E-state index contributed by atoms with van der Waals surface area (Å²) >= 11 is 2.91. The van der Waals surface area contributed by atoms with E-state index in [-0.39, 0.29) is 16.7 Å². The number of aromatic nitrogens is 2. The van der Waals surface area contributed by atoms with Crippen LogP contribution in [0.3, 0.4) is 0 Å². The summed E-state index contributed by atoms with van der Waals surface area (Å²) in [7, 11) is 0. The van der Waals surface area contributed by atoms with Crippen LogP contribution in [0.1, 0.15) is 18.7 Å². The molecule has 1 aromatic rings. The van der Waals surface area contributed by atoms with E-state index in [2.05, 4.69) is 21.0 Å². The lowest BCUT2D eigenvalue weighted by atomic mass is 10.2. The first-order valence-corrected chi connectivity index (χ1v) is 4.63. The van der Waals surface area contributed by atoms with Gasteiger partial charge in [-0.15, -0.1) is 0 Å². The summed E-state index contributed by atoms with van der Waals surface area (Å²) in [5.74, 6) is 0. The molecule has 1 atom stereocenters. The van der Waals surface area contributed by atoms with Crippen LogP contribution in [0.4, 0.5) is 13.2 Å². The van der Waals surface area contributed by atoms with Gasteiger partial charge in [-0.3, -0.25) is 4.68 Å². The number of aliphatic hydroxyl groups is 1. The molecule has 14 heavy (non-hydrogen) atoms. The molecule has 0 fully saturated rings. The van der Waals surface area contributed by atoms with Crippen molar-refractivity contribution < 1.29 is 18.3 Å². The number of hydrogen-bond donors (Lipinski definition) is 1. The van der Waals surface area contributed by atoms with E-state index in [0.29, 0.717) is 0 Å². The van der Waals surface area contributed by atoms with Crippen LogP contribution in [-0.4, -0.2) is 21.1 Å². The second kappa shape index (κ2) is 3.90. The smallest absolute Gasteiger partial charge is 0.378 e. The first-order chi connectivity index (χ1) is 6.38. The van der Waals surface area contributed by atoms with Crippen molar-refractivity contribution in [2.75, 3.05) is 0 Å². The van der Waals surface area contributed by atoms with Crippen molar-refractivity contribution in [3.8, 4) is 0 Å². The highest BCUT2D eigenvalue weighted by atomic mass is 79.9. The highest BCUT2D eigenvalue weighted by Crippen LogP contribution is 2.35. The van der Waals surface area contributed by atoms with Crippen molar-refractivity contribution in [2.45, 2.75) is 25.7 Å². The minimum absolute atomic E-state index is 0.157. The molecular weight excluding hydrogens is 265 g/mol. The SMILES string of the molecule is CCn1ncc(Br)c1[C@@H](O)C(F)(F)F. The maximum absolute atomic E-state index is 12.2. The third-order valence-electron chi connectivity index (χ3n) is 1.70. The molecular formula is C7H8BrF3N2O. The Hall–Kier alpha value is -0.560. The topological polar surface area (TPSA) is 38.0 Å². The summed E-state index contributed by atoms with van der Waals surface area (Å²) in [5, 5.41) is 12.7. The molecule has 0 aliphatic heterocycles. The second-order valence-electron chi connectivity index (χ2n) is 2.64. The normalized spacial score (nSPS) is 14.4. The zero-order valence-electron chi connectivity index (χ0n) is 7.22. The van der Waals surface area contributed by atoms with Gasteiger partial charge < -0.3 is 5.11 Å². The van der Waals surface area contributed by atoms with Gasteiger partial charge in [0.1, 0.15) is 0 Å². The molecule has 7 heteroatoms. The Labute approximate surface area is 86.7 Å². The zero-order chi connectivity index (χ0) is 10.9. The van der Waals surface area contributed by atoms with Crippen LogP contribution in [0.5, 0.6) is 0 Å². The maximum atomic E-state index is 12.2. The van der Waals surface area contributed by atoms with Crippen molar-refractivity contribution in [3.05, 3.63) is 16.4 Å². The molecule has 0 saturated heterocycles. The number of aryl methyl sites for hydroxylation is 1. The summed E-state index contributed by atoms with van der Waals surface area (Å²) in [6.45, 7) is 1.92. The zero-order valence-corrected chi connectivity index (χ0v) is 8.80. The van der Waals surface area contributed by atoms with Crippen molar-refractivity contribution >= 4 is 15.9 Å². The van der Waals surface area contributed by atoms with E-state index in [4.69, 9.17) is 5.11 Å². The van der Waals surface area contributed by atoms with Gasteiger partial charge in [-0.25, -0.2) is 0 Å². The van der Waals surface area contributed by atoms with Gasteiger partial charge in [0.15, 0.2) is 6.10 Å². The van der Waals surface area contributed by atoms with Gasteiger partial charge in [-0.05, 0) is 22.9 Å². The van der Waals surface area contributed by atoms with Crippen LogP contribution in [0, 0.1) is 0 Å². The first kappa shape index (κ1) is 11.5. The highest BCUT2D eigenvalue weighted by molar-refractivity contribution is 9.10. The van der Waals surface area contributed by atoms with Crippen LogP contribution >= 0.6 is 15.9 Å². The fraction of sp³-hybridized carbons (Fsp3) is 0.571. The lowest BCUT2D eigenvalue weighted by molar-refractivity contribution is -0.209. The van der Waals surface area contributed by atoms with Crippen LogP contribution < -0.4 is 0 Å². The lowest BCUT2D eigenvalue weighted by Crippen LogP contribution is -2.23. The average Bonchev–Trinajstić information content (AvgIpc) is 2.43. The van der Waals surface area contributed by atoms with Gasteiger partial charge in [0.05, 0.1) is 16.4 Å². The number of aliphatic hydroxyl groups excluding tert-OH is 1. The van der Waals surface area contributed by atoms with E-state index in [9.17, 15) is 13.2 Å². The molecule has 1 heterocycles. The third-order valence-corrected chi connectivity index (χ3v) is 2.31. The third kappa shape index (κ3) is 2.09. The van der Waals surface area contributed by atoms with Crippen LogP contribution in [0.2, 0.25) is 0 Å². The van der Waals surface area contributed by atoms with Gasteiger partial charge in [-0.1, -0.05) is 0 Å². The second-order valence-corrected chi connectivity index (χ2v) is 3.49. The molecule has 0 bridgehead atoms. The fourth-order valence-corrected chi connectivity index (χ4v) is 1.56. The Morgan fingerprint density at radius 2 is 2.21 bits per heavy atom. The lowest BCUT2D eigenvalue weighted by Gasteiger charge is -2.16. The molecule has 0 aromatic carbocycles. The predicted octanol–water partition coefficient (Wildman–Crippen LogP) is 2.26. The van der Waals surface area contributed by atoms with Gasteiger partial charge in [0.2, 0.25) is 0 Å². The average molecular weight is 273 g/mol. The molecule has 80 valence electrons. The quantitative estimate of drug-likeness (QED) is 0.897. The Morgan fingerprint density at radius 1 is 1.64 bits per heavy atom. The molecule has 0 unspecified atom stereocenters. The molecule has 1 rings (SSSR count). The molecule has 0 spiro atoms. The monoisotopic (exact) mass is 272 g/mol. The van der Waals surface area contributed by atoms with Crippen molar-refractivity contribution in [1.82, 2.24) is 9.78 Å². The van der Waals surface area contributed by atoms with Gasteiger partial charge in [0.25, 0.3) is 0 Å². The van der Waals surface area contributed by atoms with E-state index >= 15 is 0 Å². The fourth-order valence-electron chi connectivity index (χ4n) is 1.05. The van der Waals surface area contributed by atoms with Crippen molar-refractivity contribution in [3.63, 3.8) is 0 Å². The number of nitrogens with zero attached hydrogens (tertiary/aromatic N) is 2. The summed E-state index contributed by atoms with van der Waals surface area (Å²) in [6.07, 6.45) is -5.94. The van der Waals surface area contributed by atoms with E-state index < -0.39 is 12.3 Å². The van der Waals surface area contributed by atoms with E-state index in [1.165, 1.54) is 6.20 Å². The summed E-state index contributed by atoms with van der Waals surface area (Å²) < 4.78 is 37.8. The van der Waals surface area contributed by atoms with E-state index in [0.717, 1.165) is 4.68 Å². The summed E-state index contributed by atoms with van der Waals surface area (Å²) in [5.41, 5.74) is -0.264. The molecule has 3 nitrogen and oxygen atoms in total. The standard InChI is InChI=1S/C7H8BrF3N2O/c1-2-13-5(4(8)3-12-13)6(14)7(9,10)11/h3,6,14H,2H2,1H3/t6-/m1/s1. The highest BCUT2D eigenvalue weighted by Gasteiger charge is 2.42. The van der Waals surface area contributed by atoms with Crippen LogP contribution in [0.25, 0.3) is 0 Å². The van der Waals surface area contributed by atoms with Crippen molar-refractivity contribution in [2.24, 2.45) is 0 Å². The molecule has 0 aliphatic carbocycles. The largest absolute Gasteiger partial charge is 0.420 e. The maximum Gasteiger partial charge on any atom is 0.420 e. The predicted molar refractivity (Wildman–Crippen MR) is 46.6 cm³/mol. The first-order valence-electron chi connectivity index (χ1n) is 3.84. The van der Waals surface area contributed by atoms with E-state index in [1.807, 2.05) is 0 Å². The Balaban J connectivity index is 3.11. The summed E-state index contributed by atoms with van der Waals surface area (Å²) in [4.78, 5) is 0. The molecule has 0 radical (unpaired) electrons. The summed E-state index contributed by atoms with van der Waals surface area (Å²) in [6, 6.07) is 0. The van der Waals surface area contributed by atoms with Crippen LogP contribution in [0.15, 0.2) is 10.7 Å². The molecule has 0 aliphatic rings. The van der Waals surface area contributed by atoms with Gasteiger partial charge >= 0.3 is 6.18 Å². The van der Waals surface area contributed by atoms with E-state index in [1.54, 1.807) is 6.92 Å². The molecule has 0 amide bonds. The number of alkyl halides is 3. The molecule has 0 saturated carbocycles. The Morgan fingerprint density at radius 3 is 2.64 bits per heavy atom. The minimum atomic E-state index is -4.67. The molecule has 1 aromatic heterocycles. The number of hydrogen-bond acceptors (Lipinski definition) is 2. The number of halogens is 4. The molecule has 1 N–H and O–H groups in total.